The molecule has 0 aromatic rings. The molecule has 0 saturated carbocycles. The van der Waals surface area contributed by atoms with E-state index in [-0.39, 0.29) is 0 Å². The van der Waals surface area contributed by atoms with Gasteiger partial charge < -0.3 is 15.1 Å². The summed E-state index contributed by atoms with van der Waals surface area (Å²) in [6, 6.07) is 0. The van der Waals surface area contributed by atoms with Gasteiger partial charge in [0.25, 0.3) is 0 Å². The number of unbranched alkanes of at least 4 members (excludes halogenated alkanes) is 2. The van der Waals surface area contributed by atoms with Crippen molar-refractivity contribution in [2.45, 2.75) is 39.0 Å². The summed E-state index contributed by atoms with van der Waals surface area (Å²) in [7, 11) is 6.53. The van der Waals surface area contributed by atoms with Gasteiger partial charge >= 0.3 is 0 Å². The predicted molar refractivity (Wildman–Crippen MR) is 77.7 cm³/mol. The lowest BCUT2D eigenvalue weighted by molar-refractivity contribution is 0.294. The molecule has 0 rings (SSSR count). The smallest absolute Gasteiger partial charge is 0.000960 e. The first kappa shape index (κ1) is 16.9. The van der Waals surface area contributed by atoms with Crippen LogP contribution in [0.1, 0.15) is 39.0 Å². The molecule has 0 aliphatic carbocycles. The summed E-state index contributed by atoms with van der Waals surface area (Å²) in [6.45, 7) is 8.26. The van der Waals surface area contributed by atoms with Crippen LogP contribution in [-0.4, -0.2) is 63.7 Å². The van der Waals surface area contributed by atoms with Crippen LogP contribution < -0.4 is 5.32 Å². The lowest BCUT2D eigenvalue weighted by Crippen LogP contribution is -2.24. The molecule has 0 saturated heterocycles. The highest BCUT2D eigenvalue weighted by atomic mass is 15.1. The molecule has 0 aromatic heterocycles. The molecule has 0 fully saturated rings. The van der Waals surface area contributed by atoms with Crippen LogP contribution in [0.25, 0.3) is 0 Å². The van der Waals surface area contributed by atoms with Crippen molar-refractivity contribution < 1.29 is 0 Å². The lowest BCUT2D eigenvalue weighted by Gasteiger charge is -2.17. The minimum atomic E-state index is 1.17. The van der Waals surface area contributed by atoms with Crippen LogP contribution in [0.15, 0.2) is 0 Å². The van der Waals surface area contributed by atoms with E-state index in [0.717, 1.165) is 0 Å². The van der Waals surface area contributed by atoms with Gasteiger partial charge in [0, 0.05) is 0 Å². The maximum absolute atomic E-state index is 3.45. The first-order valence-corrected chi connectivity index (χ1v) is 7.20. The van der Waals surface area contributed by atoms with Crippen molar-refractivity contribution >= 4 is 0 Å². The van der Waals surface area contributed by atoms with Crippen molar-refractivity contribution in [3.05, 3.63) is 0 Å². The SMILES string of the molecule is CCCNCCCCCN(C)CCCN(C)C. The number of hydrogen-bond donors (Lipinski definition) is 1. The van der Waals surface area contributed by atoms with Crippen LogP contribution in [0.4, 0.5) is 0 Å². The molecule has 17 heavy (non-hydrogen) atoms. The first-order valence-electron chi connectivity index (χ1n) is 7.20. The number of rotatable bonds is 12. The van der Waals surface area contributed by atoms with Gasteiger partial charge in [0.1, 0.15) is 0 Å². The van der Waals surface area contributed by atoms with Crippen molar-refractivity contribution in [2.24, 2.45) is 0 Å². The number of nitrogens with one attached hydrogen (secondary N) is 1. The Morgan fingerprint density at radius 2 is 1.47 bits per heavy atom. The van der Waals surface area contributed by atoms with E-state index in [1.165, 1.54) is 64.8 Å². The van der Waals surface area contributed by atoms with Gasteiger partial charge in [0.05, 0.1) is 0 Å². The predicted octanol–water partition coefficient (Wildman–Crippen LogP) is 2.04. The fraction of sp³-hybridized carbons (Fsp3) is 1.00. The average molecular weight is 243 g/mol. The molecular weight excluding hydrogens is 210 g/mol. The molecule has 3 heteroatoms. The third kappa shape index (κ3) is 13.8. The highest BCUT2D eigenvalue weighted by molar-refractivity contribution is 4.55. The van der Waals surface area contributed by atoms with Gasteiger partial charge in [-0.15, -0.1) is 0 Å². The van der Waals surface area contributed by atoms with Crippen LogP contribution in [0, 0.1) is 0 Å². The summed E-state index contributed by atoms with van der Waals surface area (Å²) in [5, 5.41) is 3.45. The van der Waals surface area contributed by atoms with E-state index in [4.69, 9.17) is 0 Å². The van der Waals surface area contributed by atoms with E-state index in [1.54, 1.807) is 0 Å². The Bertz CT molecular complexity index is 148. The summed E-state index contributed by atoms with van der Waals surface area (Å²) in [6.07, 6.45) is 6.54. The van der Waals surface area contributed by atoms with Crippen LogP contribution >= 0.6 is 0 Å². The van der Waals surface area contributed by atoms with Crippen molar-refractivity contribution in [1.82, 2.24) is 15.1 Å². The van der Waals surface area contributed by atoms with E-state index in [1.807, 2.05) is 0 Å². The van der Waals surface area contributed by atoms with E-state index >= 15 is 0 Å². The molecule has 0 heterocycles. The molecule has 3 nitrogen and oxygen atoms in total. The molecule has 1 N–H and O–H groups in total. The summed E-state index contributed by atoms with van der Waals surface area (Å²) in [4.78, 5) is 4.72. The summed E-state index contributed by atoms with van der Waals surface area (Å²) >= 11 is 0. The molecule has 0 aromatic carbocycles. The Morgan fingerprint density at radius 1 is 0.765 bits per heavy atom. The fourth-order valence-corrected chi connectivity index (χ4v) is 1.88. The molecule has 0 aliphatic rings. The molecule has 0 spiro atoms. The highest BCUT2D eigenvalue weighted by Crippen LogP contribution is 1.98. The summed E-state index contributed by atoms with van der Waals surface area (Å²) in [5.41, 5.74) is 0. The number of nitrogens with zero attached hydrogens (tertiary/aromatic N) is 2. The maximum atomic E-state index is 3.45. The monoisotopic (exact) mass is 243 g/mol. The normalized spacial score (nSPS) is 11.6. The van der Waals surface area contributed by atoms with E-state index in [0.29, 0.717) is 0 Å². The molecule has 0 amide bonds. The van der Waals surface area contributed by atoms with Gasteiger partial charge in [0.15, 0.2) is 0 Å². The summed E-state index contributed by atoms with van der Waals surface area (Å²) in [5.74, 6) is 0. The van der Waals surface area contributed by atoms with Crippen molar-refractivity contribution in [2.75, 3.05) is 53.9 Å². The van der Waals surface area contributed by atoms with Crippen LogP contribution in [0.5, 0.6) is 0 Å². The van der Waals surface area contributed by atoms with E-state index in [9.17, 15) is 0 Å². The molecule has 0 aliphatic heterocycles. The third-order valence-corrected chi connectivity index (χ3v) is 2.97. The molecule has 104 valence electrons. The van der Waals surface area contributed by atoms with E-state index in [2.05, 4.69) is 43.2 Å². The average Bonchev–Trinajstić information content (AvgIpc) is 2.27. The van der Waals surface area contributed by atoms with Gasteiger partial charge in [0.2, 0.25) is 0 Å². The minimum absolute atomic E-state index is 1.17. The zero-order valence-corrected chi connectivity index (χ0v) is 12.5. The fourth-order valence-electron chi connectivity index (χ4n) is 1.88. The van der Waals surface area contributed by atoms with Gasteiger partial charge in [-0.3, -0.25) is 0 Å². The molecule has 0 unspecified atom stereocenters. The lowest BCUT2D eigenvalue weighted by atomic mass is 10.2. The Kier molecular flexibility index (Phi) is 12.3. The molecule has 0 atom stereocenters. The second-order valence-electron chi connectivity index (χ2n) is 5.27. The Morgan fingerprint density at radius 3 is 2.12 bits per heavy atom. The molecule has 0 radical (unpaired) electrons. The van der Waals surface area contributed by atoms with Crippen molar-refractivity contribution in [3.63, 3.8) is 0 Å². The quantitative estimate of drug-likeness (QED) is 0.529. The Balaban J connectivity index is 3.13. The zero-order chi connectivity index (χ0) is 12.9. The molecule has 0 bridgehead atoms. The van der Waals surface area contributed by atoms with Gasteiger partial charge in [-0.1, -0.05) is 13.3 Å². The largest absolute Gasteiger partial charge is 0.317 e. The third-order valence-electron chi connectivity index (χ3n) is 2.97. The van der Waals surface area contributed by atoms with E-state index < -0.39 is 0 Å². The second kappa shape index (κ2) is 12.3. The van der Waals surface area contributed by atoms with Crippen LogP contribution in [0.2, 0.25) is 0 Å². The first-order chi connectivity index (χ1) is 8.16. The van der Waals surface area contributed by atoms with Crippen molar-refractivity contribution in [3.8, 4) is 0 Å². The second-order valence-corrected chi connectivity index (χ2v) is 5.27. The van der Waals surface area contributed by atoms with Gasteiger partial charge in [-0.2, -0.15) is 0 Å². The Hall–Kier alpha value is -0.120. The van der Waals surface area contributed by atoms with Crippen molar-refractivity contribution in [1.29, 1.82) is 0 Å². The van der Waals surface area contributed by atoms with Crippen LogP contribution in [-0.2, 0) is 0 Å². The van der Waals surface area contributed by atoms with Crippen LogP contribution in [0.3, 0.4) is 0 Å². The Labute approximate surface area is 109 Å². The summed E-state index contributed by atoms with van der Waals surface area (Å²) < 4.78 is 0. The zero-order valence-electron chi connectivity index (χ0n) is 12.5. The standard InChI is InChI=1S/C14H33N3/c1-5-10-15-11-7-6-8-13-17(4)14-9-12-16(2)3/h15H,5-14H2,1-4H3. The highest BCUT2D eigenvalue weighted by Gasteiger charge is 1.98. The molecular formula is C14H33N3. The van der Waals surface area contributed by atoms with Gasteiger partial charge in [-0.05, 0) is 79.6 Å². The number of hydrogen-bond acceptors (Lipinski definition) is 3. The topological polar surface area (TPSA) is 18.5 Å². The maximum Gasteiger partial charge on any atom is -0.000960 e. The minimum Gasteiger partial charge on any atom is -0.317 e. The van der Waals surface area contributed by atoms with Gasteiger partial charge in [-0.25, -0.2) is 0 Å².